The Hall–Kier alpha value is -2.78. The van der Waals surface area contributed by atoms with Gasteiger partial charge in [0.05, 0.1) is 0 Å². The number of hydrogen-bond acceptors (Lipinski definition) is 3. The first-order valence-corrected chi connectivity index (χ1v) is 13.5. The molecule has 4 rings (SSSR count). The molecule has 1 aliphatic carbocycles. The van der Waals surface area contributed by atoms with E-state index in [4.69, 9.17) is 0 Å². The minimum atomic E-state index is 0.576. The highest BCUT2D eigenvalue weighted by atomic mass is 15.2. The number of rotatable bonds is 9. The van der Waals surface area contributed by atoms with Gasteiger partial charge in [-0.15, -0.1) is 0 Å². The lowest BCUT2D eigenvalue weighted by molar-refractivity contribution is 0.313. The lowest BCUT2D eigenvalue weighted by Gasteiger charge is -2.35. The third-order valence-electron chi connectivity index (χ3n) is 7.72. The summed E-state index contributed by atoms with van der Waals surface area (Å²) in [5.41, 5.74) is 7.53. The molecule has 0 amide bonds. The van der Waals surface area contributed by atoms with Crippen molar-refractivity contribution in [2.24, 2.45) is 5.92 Å². The fourth-order valence-electron chi connectivity index (χ4n) is 5.20. The SMILES string of the molecule is C=C(/C=C/c1cccc(N(Cc2ccc(N3CCN(C)CC3)cc2)C(=C)C2CCCCC2)c1)CC. The summed E-state index contributed by atoms with van der Waals surface area (Å²) in [5, 5.41) is 0. The number of allylic oxidation sites excluding steroid dienone is 3. The van der Waals surface area contributed by atoms with E-state index in [-0.39, 0.29) is 0 Å². The van der Waals surface area contributed by atoms with Crippen molar-refractivity contribution < 1.29 is 0 Å². The van der Waals surface area contributed by atoms with Crippen LogP contribution in [0.4, 0.5) is 11.4 Å². The molecule has 3 heteroatoms. The highest BCUT2D eigenvalue weighted by molar-refractivity contribution is 5.62. The molecule has 2 aliphatic rings. The normalized spacial score (nSPS) is 17.6. The van der Waals surface area contributed by atoms with Crippen molar-refractivity contribution in [1.29, 1.82) is 0 Å². The minimum absolute atomic E-state index is 0.576. The number of benzene rings is 2. The van der Waals surface area contributed by atoms with Crippen molar-refractivity contribution in [1.82, 2.24) is 4.90 Å². The van der Waals surface area contributed by atoms with Crippen molar-refractivity contribution in [3.63, 3.8) is 0 Å². The van der Waals surface area contributed by atoms with Gasteiger partial charge >= 0.3 is 0 Å². The van der Waals surface area contributed by atoms with Crippen LogP contribution in [0.15, 0.2) is 79.0 Å². The molecule has 0 radical (unpaired) electrons. The van der Waals surface area contributed by atoms with Gasteiger partial charge in [-0.2, -0.15) is 0 Å². The van der Waals surface area contributed by atoms with Gasteiger partial charge in [-0.3, -0.25) is 0 Å². The predicted molar refractivity (Wildman–Crippen MR) is 153 cm³/mol. The monoisotopic (exact) mass is 469 g/mol. The Labute approximate surface area is 213 Å². The highest BCUT2D eigenvalue weighted by Gasteiger charge is 2.22. The van der Waals surface area contributed by atoms with Gasteiger partial charge in [-0.1, -0.05) is 81.3 Å². The fraction of sp³-hybridized carbons (Fsp3) is 0.438. The second-order valence-electron chi connectivity index (χ2n) is 10.3. The van der Waals surface area contributed by atoms with Crippen molar-refractivity contribution in [3.05, 3.63) is 90.2 Å². The smallest absolute Gasteiger partial charge is 0.0478 e. The van der Waals surface area contributed by atoms with E-state index < -0.39 is 0 Å². The lowest BCUT2D eigenvalue weighted by Crippen LogP contribution is -2.44. The molecule has 1 aliphatic heterocycles. The molecule has 1 heterocycles. The van der Waals surface area contributed by atoms with Crippen LogP contribution in [-0.2, 0) is 6.54 Å². The maximum Gasteiger partial charge on any atom is 0.0478 e. The average Bonchev–Trinajstić information content (AvgIpc) is 2.91. The largest absolute Gasteiger partial charge is 0.369 e. The molecule has 1 saturated carbocycles. The van der Waals surface area contributed by atoms with Crippen LogP contribution in [-0.4, -0.2) is 38.1 Å². The summed E-state index contributed by atoms with van der Waals surface area (Å²) in [4.78, 5) is 7.37. The van der Waals surface area contributed by atoms with E-state index in [2.05, 4.69) is 103 Å². The molecule has 1 saturated heterocycles. The Kier molecular flexibility index (Phi) is 8.87. The third kappa shape index (κ3) is 6.89. The van der Waals surface area contributed by atoms with Gasteiger partial charge in [0.2, 0.25) is 0 Å². The van der Waals surface area contributed by atoms with Crippen molar-refractivity contribution in [2.45, 2.75) is 52.0 Å². The van der Waals surface area contributed by atoms with E-state index in [0.29, 0.717) is 5.92 Å². The third-order valence-corrected chi connectivity index (χ3v) is 7.72. The van der Waals surface area contributed by atoms with Gasteiger partial charge in [0, 0.05) is 49.8 Å². The molecule has 186 valence electrons. The summed E-state index contributed by atoms with van der Waals surface area (Å²) in [7, 11) is 2.21. The van der Waals surface area contributed by atoms with Crippen molar-refractivity contribution >= 4 is 17.5 Å². The zero-order valence-electron chi connectivity index (χ0n) is 21.9. The van der Waals surface area contributed by atoms with Crippen molar-refractivity contribution in [2.75, 3.05) is 43.0 Å². The topological polar surface area (TPSA) is 9.72 Å². The van der Waals surface area contributed by atoms with E-state index in [1.54, 1.807) is 0 Å². The first-order chi connectivity index (χ1) is 17.0. The van der Waals surface area contributed by atoms with Gasteiger partial charge in [-0.05, 0) is 67.6 Å². The zero-order valence-corrected chi connectivity index (χ0v) is 21.9. The summed E-state index contributed by atoms with van der Waals surface area (Å²) in [5.74, 6) is 0.576. The molecule has 0 spiro atoms. The Morgan fingerprint density at radius 3 is 2.37 bits per heavy atom. The Bertz CT molecular complexity index is 1010. The van der Waals surface area contributed by atoms with Crippen LogP contribution in [0, 0.1) is 5.92 Å². The first kappa shape index (κ1) is 25.3. The Balaban J connectivity index is 1.55. The fourth-order valence-corrected chi connectivity index (χ4v) is 5.20. The number of anilines is 2. The van der Waals surface area contributed by atoms with Crippen LogP contribution in [0.3, 0.4) is 0 Å². The van der Waals surface area contributed by atoms with E-state index in [1.165, 1.54) is 60.3 Å². The Morgan fingerprint density at radius 1 is 0.971 bits per heavy atom. The molecule has 2 fully saturated rings. The standard InChI is InChI=1S/C32H43N3/c1-5-26(2)14-15-28-10-9-13-32(24-28)35(27(3)30-11-7-6-8-12-30)25-29-16-18-31(19-17-29)34-22-20-33(4)21-23-34/h9-10,13-19,24,30H,2-3,5-8,11-12,20-23,25H2,1,4H3/b15-14+. The molecule has 0 bridgehead atoms. The first-order valence-electron chi connectivity index (χ1n) is 13.5. The van der Waals surface area contributed by atoms with Gasteiger partial charge in [0.1, 0.15) is 0 Å². The van der Waals surface area contributed by atoms with Crippen LogP contribution in [0.1, 0.15) is 56.6 Å². The molecule has 0 N–H and O–H groups in total. The quantitative estimate of drug-likeness (QED) is 0.352. The molecule has 3 nitrogen and oxygen atoms in total. The molecular formula is C32H43N3. The second-order valence-corrected chi connectivity index (χ2v) is 10.3. The molecular weight excluding hydrogens is 426 g/mol. The van der Waals surface area contributed by atoms with Gasteiger partial charge in [0.15, 0.2) is 0 Å². The van der Waals surface area contributed by atoms with E-state index in [9.17, 15) is 0 Å². The predicted octanol–water partition coefficient (Wildman–Crippen LogP) is 7.52. The maximum absolute atomic E-state index is 4.65. The van der Waals surface area contributed by atoms with E-state index >= 15 is 0 Å². The average molecular weight is 470 g/mol. The summed E-state index contributed by atoms with van der Waals surface area (Å²) >= 11 is 0. The number of likely N-dealkylation sites (N-methyl/N-ethyl adjacent to an activating group) is 1. The summed E-state index contributed by atoms with van der Waals surface area (Å²) < 4.78 is 0. The molecule has 0 unspecified atom stereocenters. The summed E-state index contributed by atoms with van der Waals surface area (Å²) in [6.45, 7) is 16.2. The van der Waals surface area contributed by atoms with Crippen LogP contribution >= 0.6 is 0 Å². The van der Waals surface area contributed by atoms with Crippen molar-refractivity contribution in [3.8, 4) is 0 Å². The zero-order chi connectivity index (χ0) is 24.6. The maximum atomic E-state index is 4.65. The second kappa shape index (κ2) is 12.3. The van der Waals surface area contributed by atoms with Gasteiger partial charge in [-0.25, -0.2) is 0 Å². The van der Waals surface area contributed by atoms with Crippen LogP contribution < -0.4 is 9.80 Å². The van der Waals surface area contributed by atoms with E-state index in [0.717, 1.165) is 44.7 Å². The van der Waals surface area contributed by atoms with E-state index in [1.807, 2.05) is 0 Å². The van der Waals surface area contributed by atoms with Crippen LogP contribution in [0.25, 0.3) is 6.08 Å². The summed E-state index contributed by atoms with van der Waals surface area (Å²) in [6, 6.07) is 18.1. The number of hydrogen-bond donors (Lipinski definition) is 0. The summed E-state index contributed by atoms with van der Waals surface area (Å²) in [6.07, 6.45) is 11.8. The molecule has 0 aromatic heterocycles. The molecule has 2 aromatic rings. The molecule has 0 atom stereocenters. The number of nitrogens with zero attached hydrogens (tertiary/aromatic N) is 3. The van der Waals surface area contributed by atoms with Crippen LogP contribution in [0.5, 0.6) is 0 Å². The molecule has 2 aromatic carbocycles. The highest BCUT2D eigenvalue weighted by Crippen LogP contribution is 2.34. The van der Waals surface area contributed by atoms with Gasteiger partial charge < -0.3 is 14.7 Å². The Morgan fingerprint density at radius 2 is 1.69 bits per heavy atom. The minimum Gasteiger partial charge on any atom is -0.369 e. The van der Waals surface area contributed by atoms with Crippen LogP contribution in [0.2, 0.25) is 0 Å². The lowest BCUT2D eigenvalue weighted by atomic mass is 9.86. The number of piperazine rings is 1. The molecule has 35 heavy (non-hydrogen) atoms. The van der Waals surface area contributed by atoms with Gasteiger partial charge in [0.25, 0.3) is 0 Å².